The molecular formula is C18H19F3N2. The van der Waals surface area contributed by atoms with Crippen molar-refractivity contribution in [1.29, 1.82) is 0 Å². The standard InChI is InChI=1S/C18H19F3N2/c1-3-4-9-23-15-6-5-12(19)10-14(15)17(18(2,20)21)13-7-8-22-11-16(13)23/h5-8,10-11,17H,3-4,9H2,1-2H3. The number of pyridine rings is 1. The van der Waals surface area contributed by atoms with Crippen molar-refractivity contribution in [2.45, 2.75) is 38.5 Å². The zero-order valence-corrected chi connectivity index (χ0v) is 13.2. The highest BCUT2D eigenvalue weighted by Crippen LogP contribution is 2.51. The van der Waals surface area contributed by atoms with Gasteiger partial charge in [0.25, 0.3) is 5.92 Å². The fourth-order valence-electron chi connectivity index (χ4n) is 3.27. The molecule has 1 aliphatic rings. The molecule has 0 amide bonds. The molecule has 1 aliphatic heterocycles. The number of hydrogen-bond acceptors (Lipinski definition) is 2. The van der Waals surface area contributed by atoms with Crippen molar-refractivity contribution in [3.63, 3.8) is 0 Å². The first-order chi connectivity index (χ1) is 10.9. The van der Waals surface area contributed by atoms with Crippen LogP contribution in [0, 0.1) is 5.82 Å². The van der Waals surface area contributed by atoms with Crippen molar-refractivity contribution in [3.8, 4) is 0 Å². The number of anilines is 2. The number of unbranched alkanes of at least 4 members (excludes halogenated alkanes) is 1. The summed E-state index contributed by atoms with van der Waals surface area (Å²) in [5.41, 5.74) is 2.17. The molecule has 122 valence electrons. The van der Waals surface area contributed by atoms with Gasteiger partial charge in [0.15, 0.2) is 0 Å². The first kappa shape index (κ1) is 15.8. The second-order valence-corrected chi connectivity index (χ2v) is 6.03. The molecule has 5 heteroatoms. The smallest absolute Gasteiger partial charge is 0.256 e. The van der Waals surface area contributed by atoms with Crippen LogP contribution in [0.25, 0.3) is 0 Å². The lowest BCUT2D eigenvalue weighted by Gasteiger charge is -2.39. The second kappa shape index (κ2) is 5.87. The molecule has 0 radical (unpaired) electrons. The van der Waals surface area contributed by atoms with Gasteiger partial charge < -0.3 is 4.90 Å². The molecule has 0 bridgehead atoms. The van der Waals surface area contributed by atoms with Gasteiger partial charge in [-0.25, -0.2) is 13.2 Å². The van der Waals surface area contributed by atoms with E-state index in [0.29, 0.717) is 29.0 Å². The third kappa shape index (κ3) is 2.80. The van der Waals surface area contributed by atoms with Crippen LogP contribution in [0.4, 0.5) is 24.5 Å². The lowest BCUT2D eigenvalue weighted by Crippen LogP contribution is -2.33. The van der Waals surface area contributed by atoms with E-state index >= 15 is 0 Å². The number of benzene rings is 1. The van der Waals surface area contributed by atoms with E-state index in [1.165, 1.54) is 18.3 Å². The summed E-state index contributed by atoms with van der Waals surface area (Å²) in [7, 11) is 0. The number of hydrogen-bond donors (Lipinski definition) is 0. The molecule has 2 nitrogen and oxygen atoms in total. The van der Waals surface area contributed by atoms with Crippen molar-refractivity contribution < 1.29 is 13.2 Å². The fraction of sp³-hybridized carbons (Fsp3) is 0.389. The van der Waals surface area contributed by atoms with Gasteiger partial charge in [0.1, 0.15) is 5.82 Å². The van der Waals surface area contributed by atoms with Gasteiger partial charge in [-0.05, 0) is 41.8 Å². The molecule has 1 aromatic carbocycles. The Hall–Kier alpha value is -2.04. The SMILES string of the molecule is CCCCN1c2ccc(F)cc2C(C(C)(F)F)c2ccncc21. The van der Waals surface area contributed by atoms with Crippen molar-refractivity contribution >= 4 is 11.4 Å². The Balaban J connectivity index is 2.22. The van der Waals surface area contributed by atoms with Crippen LogP contribution in [0.3, 0.4) is 0 Å². The van der Waals surface area contributed by atoms with E-state index in [1.807, 2.05) is 4.90 Å². The van der Waals surface area contributed by atoms with Gasteiger partial charge in [-0.1, -0.05) is 13.3 Å². The molecule has 3 rings (SSSR count). The first-order valence-electron chi connectivity index (χ1n) is 7.82. The van der Waals surface area contributed by atoms with Gasteiger partial charge in [-0.15, -0.1) is 0 Å². The Kier molecular flexibility index (Phi) is 4.04. The molecule has 0 fully saturated rings. The van der Waals surface area contributed by atoms with Gasteiger partial charge >= 0.3 is 0 Å². The Bertz CT molecular complexity index is 710. The summed E-state index contributed by atoms with van der Waals surface area (Å²) in [6.07, 6.45) is 5.03. The van der Waals surface area contributed by atoms with Crippen LogP contribution in [-0.4, -0.2) is 17.5 Å². The van der Waals surface area contributed by atoms with E-state index in [9.17, 15) is 13.2 Å². The minimum Gasteiger partial charge on any atom is -0.340 e. The van der Waals surface area contributed by atoms with E-state index in [-0.39, 0.29) is 0 Å². The highest BCUT2D eigenvalue weighted by molar-refractivity contribution is 5.76. The topological polar surface area (TPSA) is 16.1 Å². The summed E-state index contributed by atoms with van der Waals surface area (Å²) in [6.45, 7) is 3.65. The largest absolute Gasteiger partial charge is 0.340 e. The molecule has 0 saturated heterocycles. The maximum Gasteiger partial charge on any atom is 0.256 e. The van der Waals surface area contributed by atoms with Crippen LogP contribution in [0.5, 0.6) is 0 Å². The minimum absolute atomic E-state index is 0.340. The molecule has 1 unspecified atom stereocenters. The van der Waals surface area contributed by atoms with Crippen molar-refractivity contribution in [1.82, 2.24) is 4.98 Å². The molecule has 0 N–H and O–H groups in total. The molecule has 1 aromatic heterocycles. The maximum absolute atomic E-state index is 14.3. The number of rotatable bonds is 4. The number of aromatic nitrogens is 1. The predicted octanol–water partition coefficient (Wildman–Crippen LogP) is 5.26. The molecule has 0 spiro atoms. The maximum atomic E-state index is 14.3. The molecule has 0 aliphatic carbocycles. The van der Waals surface area contributed by atoms with Crippen LogP contribution in [0.1, 0.15) is 43.7 Å². The average Bonchev–Trinajstić information content (AvgIpc) is 2.49. The van der Waals surface area contributed by atoms with Crippen LogP contribution < -0.4 is 4.90 Å². The Labute approximate surface area is 134 Å². The van der Waals surface area contributed by atoms with Crippen LogP contribution in [0.2, 0.25) is 0 Å². The van der Waals surface area contributed by atoms with Gasteiger partial charge in [0.05, 0.1) is 17.8 Å². The summed E-state index contributed by atoms with van der Waals surface area (Å²) < 4.78 is 42.4. The van der Waals surface area contributed by atoms with E-state index in [1.54, 1.807) is 18.3 Å². The quantitative estimate of drug-likeness (QED) is 0.764. The van der Waals surface area contributed by atoms with Crippen LogP contribution in [-0.2, 0) is 0 Å². The summed E-state index contributed by atoms with van der Waals surface area (Å²) in [5.74, 6) is -4.65. The molecule has 0 saturated carbocycles. The van der Waals surface area contributed by atoms with Gasteiger partial charge in [0.2, 0.25) is 0 Å². The van der Waals surface area contributed by atoms with Crippen molar-refractivity contribution in [2.75, 3.05) is 11.4 Å². The number of nitrogens with zero attached hydrogens (tertiary/aromatic N) is 2. The lowest BCUT2D eigenvalue weighted by molar-refractivity contribution is 0.00427. The average molecular weight is 320 g/mol. The van der Waals surface area contributed by atoms with Gasteiger partial charge in [-0.3, -0.25) is 4.98 Å². The Morgan fingerprint density at radius 1 is 1.17 bits per heavy atom. The molecule has 1 atom stereocenters. The zero-order chi connectivity index (χ0) is 16.6. The van der Waals surface area contributed by atoms with E-state index < -0.39 is 17.7 Å². The van der Waals surface area contributed by atoms with Gasteiger partial charge in [-0.2, -0.15) is 0 Å². The van der Waals surface area contributed by atoms with Crippen LogP contribution >= 0.6 is 0 Å². The van der Waals surface area contributed by atoms with Gasteiger partial charge in [0, 0.05) is 25.4 Å². The Morgan fingerprint density at radius 2 is 1.96 bits per heavy atom. The predicted molar refractivity (Wildman–Crippen MR) is 85.0 cm³/mol. The summed E-state index contributed by atoms with van der Waals surface area (Å²) >= 11 is 0. The monoisotopic (exact) mass is 320 g/mol. The lowest BCUT2D eigenvalue weighted by atomic mass is 9.81. The fourth-order valence-corrected chi connectivity index (χ4v) is 3.27. The third-order valence-corrected chi connectivity index (χ3v) is 4.27. The van der Waals surface area contributed by atoms with Crippen molar-refractivity contribution in [2.24, 2.45) is 0 Å². The normalized spacial score (nSPS) is 16.9. The highest BCUT2D eigenvalue weighted by Gasteiger charge is 2.43. The molecular weight excluding hydrogens is 301 g/mol. The van der Waals surface area contributed by atoms with Crippen molar-refractivity contribution in [3.05, 3.63) is 53.6 Å². The molecule has 23 heavy (non-hydrogen) atoms. The molecule has 2 aromatic rings. The van der Waals surface area contributed by atoms with E-state index in [0.717, 1.165) is 19.8 Å². The number of halogens is 3. The second-order valence-electron chi connectivity index (χ2n) is 6.03. The van der Waals surface area contributed by atoms with E-state index in [4.69, 9.17) is 0 Å². The summed E-state index contributed by atoms with van der Waals surface area (Å²) in [6, 6.07) is 5.77. The number of alkyl halides is 2. The van der Waals surface area contributed by atoms with Crippen LogP contribution in [0.15, 0.2) is 36.7 Å². The first-order valence-corrected chi connectivity index (χ1v) is 7.82. The van der Waals surface area contributed by atoms with E-state index in [2.05, 4.69) is 11.9 Å². The number of fused-ring (bicyclic) bond motifs is 2. The summed E-state index contributed by atoms with van der Waals surface area (Å²) in [4.78, 5) is 6.08. The Morgan fingerprint density at radius 3 is 2.65 bits per heavy atom. The zero-order valence-electron chi connectivity index (χ0n) is 13.2. The molecule has 2 heterocycles. The highest BCUT2D eigenvalue weighted by atomic mass is 19.3. The summed E-state index contributed by atoms with van der Waals surface area (Å²) in [5, 5.41) is 0. The minimum atomic E-state index is -2.99. The third-order valence-electron chi connectivity index (χ3n) is 4.27.